The van der Waals surface area contributed by atoms with Crippen molar-refractivity contribution in [3.63, 3.8) is 0 Å². The molecular formula is C16H20BrN3OS. The highest BCUT2D eigenvalue weighted by Gasteiger charge is 2.04. The van der Waals surface area contributed by atoms with E-state index in [2.05, 4.69) is 32.4 Å². The Labute approximate surface area is 143 Å². The first-order valence-corrected chi connectivity index (χ1v) is 9.04. The van der Waals surface area contributed by atoms with Crippen molar-refractivity contribution in [3.8, 4) is 0 Å². The predicted octanol–water partition coefficient (Wildman–Crippen LogP) is 3.41. The molecule has 0 bridgehead atoms. The highest BCUT2D eigenvalue weighted by Crippen LogP contribution is 2.27. The standard InChI is InChI=1S/C16H20BrN3OS/c1-20-12-13(11-19-20)5-4-9-18-16(21)8-10-22-15-7-3-2-6-14(15)17/h2-3,6-7,11-12H,4-5,8-10H2,1H3,(H,18,21). The molecule has 0 aliphatic heterocycles. The van der Waals surface area contributed by atoms with Gasteiger partial charge in [-0.15, -0.1) is 11.8 Å². The maximum Gasteiger partial charge on any atom is 0.220 e. The molecule has 0 saturated carbocycles. The molecule has 0 aliphatic rings. The van der Waals surface area contributed by atoms with Crippen LogP contribution >= 0.6 is 27.7 Å². The number of aryl methyl sites for hydroxylation is 2. The minimum absolute atomic E-state index is 0.116. The molecule has 1 amide bonds. The summed E-state index contributed by atoms with van der Waals surface area (Å²) in [5.74, 6) is 0.905. The van der Waals surface area contributed by atoms with Gasteiger partial charge >= 0.3 is 0 Å². The molecule has 1 aromatic heterocycles. The lowest BCUT2D eigenvalue weighted by Gasteiger charge is -2.06. The van der Waals surface area contributed by atoms with Crippen molar-refractivity contribution >= 4 is 33.6 Å². The zero-order valence-electron chi connectivity index (χ0n) is 12.6. The van der Waals surface area contributed by atoms with Crippen LogP contribution in [0, 0.1) is 0 Å². The van der Waals surface area contributed by atoms with Crippen LogP contribution in [0.4, 0.5) is 0 Å². The Morgan fingerprint density at radius 1 is 1.41 bits per heavy atom. The van der Waals surface area contributed by atoms with Crippen molar-refractivity contribution < 1.29 is 4.79 Å². The maximum absolute atomic E-state index is 11.8. The number of aromatic nitrogens is 2. The molecule has 0 aliphatic carbocycles. The van der Waals surface area contributed by atoms with Gasteiger partial charge in [0.2, 0.25) is 5.91 Å². The Morgan fingerprint density at radius 2 is 2.23 bits per heavy atom. The van der Waals surface area contributed by atoms with Gasteiger partial charge in [0, 0.05) is 41.3 Å². The molecule has 0 atom stereocenters. The van der Waals surface area contributed by atoms with Gasteiger partial charge in [-0.2, -0.15) is 5.10 Å². The van der Waals surface area contributed by atoms with Gasteiger partial charge in [-0.3, -0.25) is 9.48 Å². The molecule has 0 spiro atoms. The average molecular weight is 382 g/mol. The average Bonchev–Trinajstić information content (AvgIpc) is 2.91. The molecule has 0 radical (unpaired) electrons. The molecule has 2 rings (SSSR count). The van der Waals surface area contributed by atoms with E-state index in [1.54, 1.807) is 16.4 Å². The Balaban J connectivity index is 1.57. The number of hydrogen-bond acceptors (Lipinski definition) is 3. The van der Waals surface area contributed by atoms with Gasteiger partial charge in [0.05, 0.1) is 6.20 Å². The van der Waals surface area contributed by atoms with Gasteiger partial charge < -0.3 is 5.32 Å². The second-order valence-corrected chi connectivity index (χ2v) is 7.00. The summed E-state index contributed by atoms with van der Waals surface area (Å²) in [6.07, 6.45) is 6.31. The summed E-state index contributed by atoms with van der Waals surface area (Å²) in [4.78, 5) is 13.0. The highest BCUT2D eigenvalue weighted by atomic mass is 79.9. The maximum atomic E-state index is 11.8. The van der Waals surface area contributed by atoms with E-state index in [1.165, 1.54) is 10.5 Å². The smallest absolute Gasteiger partial charge is 0.220 e. The molecule has 22 heavy (non-hydrogen) atoms. The first kappa shape index (κ1) is 17.1. The topological polar surface area (TPSA) is 46.9 Å². The summed E-state index contributed by atoms with van der Waals surface area (Å²) < 4.78 is 2.88. The van der Waals surface area contributed by atoms with E-state index in [0.29, 0.717) is 13.0 Å². The number of thioether (sulfide) groups is 1. The minimum Gasteiger partial charge on any atom is -0.356 e. The SMILES string of the molecule is Cn1cc(CCCNC(=O)CCSc2ccccc2Br)cn1. The summed E-state index contributed by atoms with van der Waals surface area (Å²) in [6, 6.07) is 8.07. The van der Waals surface area contributed by atoms with Gasteiger partial charge in [0.25, 0.3) is 0 Å². The molecule has 1 N–H and O–H groups in total. The molecule has 0 saturated heterocycles. The number of hydrogen-bond donors (Lipinski definition) is 1. The van der Waals surface area contributed by atoms with Gasteiger partial charge in [-0.25, -0.2) is 0 Å². The highest BCUT2D eigenvalue weighted by molar-refractivity contribution is 9.10. The zero-order chi connectivity index (χ0) is 15.8. The first-order chi connectivity index (χ1) is 10.6. The van der Waals surface area contributed by atoms with E-state index < -0.39 is 0 Å². The lowest BCUT2D eigenvalue weighted by Crippen LogP contribution is -2.24. The molecule has 4 nitrogen and oxygen atoms in total. The number of nitrogens with zero attached hydrogens (tertiary/aromatic N) is 2. The summed E-state index contributed by atoms with van der Waals surface area (Å²) in [5.41, 5.74) is 1.21. The number of carbonyl (C=O) groups excluding carboxylic acids is 1. The van der Waals surface area contributed by atoms with E-state index in [-0.39, 0.29) is 5.91 Å². The fourth-order valence-corrected chi connectivity index (χ4v) is 3.54. The molecular weight excluding hydrogens is 362 g/mol. The van der Waals surface area contributed by atoms with Crippen molar-refractivity contribution in [1.29, 1.82) is 0 Å². The van der Waals surface area contributed by atoms with Gasteiger partial charge in [0.15, 0.2) is 0 Å². The fraction of sp³-hybridized carbons (Fsp3) is 0.375. The molecule has 2 aromatic rings. The molecule has 1 heterocycles. The fourth-order valence-electron chi connectivity index (χ4n) is 2.03. The number of carbonyl (C=O) groups is 1. The van der Waals surface area contributed by atoms with E-state index in [1.807, 2.05) is 37.6 Å². The zero-order valence-corrected chi connectivity index (χ0v) is 15.0. The normalized spacial score (nSPS) is 10.6. The Hall–Kier alpha value is -1.27. The van der Waals surface area contributed by atoms with Crippen LogP contribution in [0.3, 0.4) is 0 Å². The van der Waals surface area contributed by atoms with Crippen molar-refractivity contribution in [1.82, 2.24) is 15.1 Å². The van der Waals surface area contributed by atoms with Gasteiger partial charge in [0.1, 0.15) is 0 Å². The Kier molecular flexibility index (Phi) is 6.99. The monoisotopic (exact) mass is 381 g/mol. The second kappa shape index (κ2) is 9.00. The largest absolute Gasteiger partial charge is 0.356 e. The number of amides is 1. The van der Waals surface area contributed by atoms with E-state index in [0.717, 1.165) is 23.1 Å². The lowest BCUT2D eigenvalue weighted by molar-refractivity contribution is -0.120. The lowest BCUT2D eigenvalue weighted by atomic mass is 10.2. The number of nitrogens with one attached hydrogen (secondary N) is 1. The van der Waals surface area contributed by atoms with Crippen molar-refractivity contribution in [2.75, 3.05) is 12.3 Å². The molecule has 118 valence electrons. The molecule has 1 aromatic carbocycles. The summed E-state index contributed by atoms with van der Waals surface area (Å²) in [7, 11) is 1.91. The third-order valence-corrected chi connectivity index (χ3v) is 5.18. The van der Waals surface area contributed by atoms with Crippen molar-refractivity contribution in [2.45, 2.75) is 24.2 Å². The Morgan fingerprint density at radius 3 is 2.95 bits per heavy atom. The van der Waals surface area contributed by atoms with E-state index in [9.17, 15) is 4.79 Å². The van der Waals surface area contributed by atoms with Crippen LogP contribution in [0.25, 0.3) is 0 Å². The minimum atomic E-state index is 0.116. The molecule has 0 unspecified atom stereocenters. The summed E-state index contributed by atoms with van der Waals surface area (Å²) in [6.45, 7) is 0.716. The number of benzene rings is 1. The van der Waals surface area contributed by atoms with Crippen LogP contribution in [-0.4, -0.2) is 28.0 Å². The van der Waals surface area contributed by atoms with Gasteiger partial charge in [-0.1, -0.05) is 12.1 Å². The predicted molar refractivity (Wildman–Crippen MR) is 94.0 cm³/mol. The second-order valence-electron chi connectivity index (χ2n) is 5.00. The Bertz CT molecular complexity index is 615. The first-order valence-electron chi connectivity index (χ1n) is 7.26. The van der Waals surface area contributed by atoms with E-state index >= 15 is 0 Å². The van der Waals surface area contributed by atoms with Crippen molar-refractivity contribution in [3.05, 3.63) is 46.7 Å². The van der Waals surface area contributed by atoms with Crippen molar-refractivity contribution in [2.24, 2.45) is 7.05 Å². The molecule has 6 heteroatoms. The third-order valence-electron chi connectivity index (χ3n) is 3.15. The third kappa shape index (κ3) is 5.85. The van der Waals surface area contributed by atoms with Crippen LogP contribution in [-0.2, 0) is 18.3 Å². The summed E-state index contributed by atoms with van der Waals surface area (Å²) >= 11 is 5.21. The van der Waals surface area contributed by atoms with Crippen LogP contribution in [0.1, 0.15) is 18.4 Å². The number of rotatable bonds is 8. The summed E-state index contributed by atoms with van der Waals surface area (Å²) in [5, 5.41) is 7.10. The number of halogens is 1. The van der Waals surface area contributed by atoms with E-state index in [4.69, 9.17) is 0 Å². The van der Waals surface area contributed by atoms with Crippen LogP contribution < -0.4 is 5.32 Å². The quantitative estimate of drug-likeness (QED) is 0.562. The molecule has 0 fully saturated rings. The van der Waals surface area contributed by atoms with Crippen LogP contribution in [0.15, 0.2) is 46.0 Å². The van der Waals surface area contributed by atoms with Crippen LogP contribution in [0.5, 0.6) is 0 Å². The van der Waals surface area contributed by atoms with Crippen LogP contribution in [0.2, 0.25) is 0 Å². The van der Waals surface area contributed by atoms with Gasteiger partial charge in [-0.05, 0) is 46.5 Å².